The predicted octanol–water partition coefficient (Wildman–Crippen LogP) is 2.52. The topological polar surface area (TPSA) is 89.7 Å². The van der Waals surface area contributed by atoms with Gasteiger partial charge in [0.15, 0.2) is 0 Å². The van der Waals surface area contributed by atoms with E-state index in [9.17, 15) is 4.79 Å². The van der Waals surface area contributed by atoms with E-state index >= 15 is 0 Å². The molecule has 0 aromatic carbocycles. The average Bonchev–Trinajstić information content (AvgIpc) is 3.06. The Labute approximate surface area is 141 Å². The molecule has 0 bridgehead atoms. The third-order valence-electron chi connectivity index (χ3n) is 4.24. The minimum Gasteiger partial charge on any atom is -0.331 e. The van der Waals surface area contributed by atoms with E-state index in [1.165, 1.54) is 19.2 Å². The van der Waals surface area contributed by atoms with Gasteiger partial charge in [0.2, 0.25) is 0 Å². The minimum atomic E-state index is -0.280. The lowest BCUT2D eigenvalue weighted by Gasteiger charge is -2.21. The molecule has 0 spiro atoms. The van der Waals surface area contributed by atoms with E-state index in [0.717, 1.165) is 11.7 Å². The van der Waals surface area contributed by atoms with Crippen LogP contribution >= 0.6 is 0 Å². The van der Waals surface area contributed by atoms with Crippen LogP contribution in [0.25, 0.3) is 0 Å². The van der Waals surface area contributed by atoms with Gasteiger partial charge in [-0.15, -0.1) is 0 Å². The summed E-state index contributed by atoms with van der Waals surface area (Å²) in [6, 6.07) is 0.103. The fraction of sp³-hybridized carbons (Fsp3) is 0.625. The third-order valence-corrected chi connectivity index (χ3v) is 4.24. The molecule has 0 aliphatic heterocycles. The van der Waals surface area contributed by atoms with Crippen molar-refractivity contribution in [1.29, 1.82) is 0 Å². The van der Waals surface area contributed by atoms with E-state index < -0.39 is 0 Å². The number of urea groups is 1. The summed E-state index contributed by atoms with van der Waals surface area (Å²) in [5.74, 6) is 1.44. The number of carbonyl (C=O) groups excluding carboxylic acids is 1. The van der Waals surface area contributed by atoms with Gasteiger partial charge in [0.25, 0.3) is 0 Å². The van der Waals surface area contributed by atoms with Gasteiger partial charge in [0.1, 0.15) is 12.2 Å². The Balaban J connectivity index is 1.54. The summed E-state index contributed by atoms with van der Waals surface area (Å²) in [6.45, 7) is 8.60. The average molecular weight is 331 g/mol. The maximum Gasteiger partial charge on any atom is 0.319 e. The number of carbonyl (C=O) groups is 1. The van der Waals surface area contributed by atoms with Gasteiger partial charge in [-0.2, -0.15) is 10.2 Å². The maximum atomic E-state index is 12.1. The standard InChI is InChI=1S/C16H25N7O/c1-11(12-5-6-12)22-9-13(7-19-22)21-15(24)17-8-14-18-10-20-23(14)16(2,3)4/h7,9-12H,5-6,8H2,1-4H3,(H2,17,21,24)/t11-/m0/s1. The highest BCUT2D eigenvalue weighted by molar-refractivity contribution is 5.88. The molecule has 1 aliphatic rings. The van der Waals surface area contributed by atoms with Crippen molar-refractivity contribution in [2.24, 2.45) is 5.92 Å². The summed E-state index contributed by atoms with van der Waals surface area (Å²) in [4.78, 5) is 16.3. The monoisotopic (exact) mass is 331 g/mol. The molecule has 8 nitrogen and oxygen atoms in total. The molecule has 0 unspecified atom stereocenters. The van der Waals surface area contributed by atoms with E-state index in [1.807, 2.05) is 36.3 Å². The Hall–Kier alpha value is -2.38. The van der Waals surface area contributed by atoms with Crippen molar-refractivity contribution in [3.8, 4) is 0 Å². The van der Waals surface area contributed by atoms with Gasteiger partial charge >= 0.3 is 6.03 Å². The molecule has 1 aliphatic carbocycles. The molecule has 8 heteroatoms. The SMILES string of the molecule is C[C@@H](C1CC1)n1cc(NC(=O)NCc2ncnn2C(C)(C)C)cn1. The van der Waals surface area contributed by atoms with Gasteiger partial charge in [-0.25, -0.2) is 14.5 Å². The molecule has 1 fully saturated rings. The van der Waals surface area contributed by atoms with Crippen LogP contribution in [0.1, 0.15) is 52.4 Å². The highest BCUT2D eigenvalue weighted by atomic mass is 16.2. The first-order valence-corrected chi connectivity index (χ1v) is 8.33. The summed E-state index contributed by atoms with van der Waals surface area (Å²) in [6.07, 6.45) is 7.58. The van der Waals surface area contributed by atoms with E-state index in [0.29, 0.717) is 18.3 Å². The lowest BCUT2D eigenvalue weighted by molar-refractivity contribution is 0.250. The Morgan fingerprint density at radius 2 is 2.12 bits per heavy atom. The number of aromatic nitrogens is 5. The molecule has 2 N–H and O–H groups in total. The quantitative estimate of drug-likeness (QED) is 0.881. The minimum absolute atomic E-state index is 0.177. The summed E-state index contributed by atoms with van der Waals surface area (Å²) in [5.41, 5.74) is 0.515. The second kappa shape index (κ2) is 6.26. The van der Waals surface area contributed by atoms with Gasteiger partial charge in [-0.05, 0) is 46.5 Å². The Morgan fingerprint density at radius 1 is 1.38 bits per heavy atom. The van der Waals surface area contributed by atoms with E-state index in [-0.39, 0.29) is 11.6 Å². The van der Waals surface area contributed by atoms with Crippen LogP contribution in [0.15, 0.2) is 18.7 Å². The van der Waals surface area contributed by atoms with Crippen molar-refractivity contribution in [3.05, 3.63) is 24.5 Å². The molecule has 130 valence electrons. The van der Waals surface area contributed by atoms with Crippen LogP contribution in [0, 0.1) is 5.92 Å². The zero-order valence-electron chi connectivity index (χ0n) is 14.7. The molecule has 2 heterocycles. The largest absolute Gasteiger partial charge is 0.331 e. The highest BCUT2D eigenvalue weighted by Crippen LogP contribution is 2.39. The van der Waals surface area contributed by atoms with Crippen molar-refractivity contribution in [3.63, 3.8) is 0 Å². The molecule has 1 saturated carbocycles. The van der Waals surface area contributed by atoms with Crippen LogP contribution < -0.4 is 10.6 Å². The summed E-state index contributed by atoms with van der Waals surface area (Å²) in [7, 11) is 0. The summed E-state index contributed by atoms with van der Waals surface area (Å²) < 4.78 is 3.73. The number of nitrogens with zero attached hydrogens (tertiary/aromatic N) is 5. The molecule has 2 aromatic heterocycles. The Kier molecular flexibility index (Phi) is 4.29. The molecule has 3 rings (SSSR count). The fourth-order valence-electron chi connectivity index (χ4n) is 2.70. The highest BCUT2D eigenvalue weighted by Gasteiger charge is 2.29. The summed E-state index contributed by atoms with van der Waals surface area (Å²) in [5, 5.41) is 14.2. The van der Waals surface area contributed by atoms with Crippen LogP contribution in [0.4, 0.5) is 10.5 Å². The van der Waals surface area contributed by atoms with Gasteiger partial charge in [0, 0.05) is 6.20 Å². The molecule has 0 saturated heterocycles. The number of nitrogens with one attached hydrogen (secondary N) is 2. The lowest BCUT2D eigenvalue weighted by Crippen LogP contribution is -2.32. The van der Waals surface area contributed by atoms with Crippen molar-refractivity contribution >= 4 is 11.7 Å². The molecule has 24 heavy (non-hydrogen) atoms. The van der Waals surface area contributed by atoms with Crippen LogP contribution in [0.2, 0.25) is 0 Å². The molecule has 2 aromatic rings. The third kappa shape index (κ3) is 3.74. The Morgan fingerprint density at radius 3 is 2.79 bits per heavy atom. The van der Waals surface area contributed by atoms with Crippen molar-refractivity contribution in [2.45, 2.75) is 58.7 Å². The van der Waals surface area contributed by atoms with E-state index in [2.05, 4.69) is 32.7 Å². The van der Waals surface area contributed by atoms with Crippen LogP contribution in [-0.4, -0.2) is 30.6 Å². The molecular weight excluding hydrogens is 306 g/mol. The van der Waals surface area contributed by atoms with Gasteiger partial charge in [0.05, 0.1) is 30.0 Å². The molecule has 2 amide bonds. The first kappa shape index (κ1) is 16.5. The lowest BCUT2D eigenvalue weighted by atomic mass is 10.1. The first-order chi connectivity index (χ1) is 11.3. The van der Waals surface area contributed by atoms with Gasteiger partial charge in [-0.1, -0.05) is 0 Å². The number of rotatable bonds is 5. The zero-order chi connectivity index (χ0) is 17.3. The molecule has 0 radical (unpaired) electrons. The Bertz CT molecular complexity index is 708. The van der Waals surface area contributed by atoms with Gasteiger partial charge in [-0.3, -0.25) is 4.68 Å². The smallest absolute Gasteiger partial charge is 0.319 e. The maximum absolute atomic E-state index is 12.1. The number of amides is 2. The van der Waals surface area contributed by atoms with Crippen LogP contribution in [0.3, 0.4) is 0 Å². The van der Waals surface area contributed by atoms with Crippen molar-refractivity contribution < 1.29 is 4.79 Å². The van der Waals surface area contributed by atoms with E-state index in [1.54, 1.807) is 6.20 Å². The predicted molar refractivity (Wildman–Crippen MR) is 90.5 cm³/mol. The first-order valence-electron chi connectivity index (χ1n) is 8.33. The van der Waals surface area contributed by atoms with Crippen molar-refractivity contribution in [1.82, 2.24) is 29.9 Å². The number of hydrogen-bond acceptors (Lipinski definition) is 4. The van der Waals surface area contributed by atoms with Crippen LogP contribution in [-0.2, 0) is 12.1 Å². The zero-order valence-corrected chi connectivity index (χ0v) is 14.7. The number of anilines is 1. The van der Waals surface area contributed by atoms with E-state index in [4.69, 9.17) is 0 Å². The second-order valence-corrected chi connectivity index (χ2v) is 7.35. The number of hydrogen-bond donors (Lipinski definition) is 2. The normalized spacial score (nSPS) is 16.0. The molecule has 1 atom stereocenters. The summed E-state index contributed by atoms with van der Waals surface area (Å²) >= 11 is 0. The van der Waals surface area contributed by atoms with Crippen LogP contribution in [0.5, 0.6) is 0 Å². The molecular formula is C16H25N7O. The fourth-order valence-corrected chi connectivity index (χ4v) is 2.70. The van der Waals surface area contributed by atoms with Gasteiger partial charge < -0.3 is 10.6 Å². The second-order valence-electron chi connectivity index (χ2n) is 7.35. The van der Waals surface area contributed by atoms with Crippen molar-refractivity contribution in [2.75, 3.05) is 5.32 Å².